The highest BCUT2D eigenvalue weighted by Gasteiger charge is 1.78. The Balaban J connectivity index is -0.0000000350. The first-order valence-electron chi connectivity index (χ1n) is 7.80. The molecular weight excluding hydrogens is 254 g/mol. The molecule has 0 aliphatic rings. The van der Waals surface area contributed by atoms with Crippen LogP contribution in [0.5, 0.6) is 0 Å². The van der Waals surface area contributed by atoms with Crippen LogP contribution >= 0.6 is 0 Å². The average molecular weight is 298 g/mol. The summed E-state index contributed by atoms with van der Waals surface area (Å²) in [5.74, 6) is 3.81. The molecule has 0 aliphatic heterocycles. The number of hydrogen-bond donors (Lipinski definition) is 1. The third-order valence-corrected chi connectivity index (χ3v) is 0.757. The molecule has 0 spiro atoms. The molecular formula is C20H43N. The van der Waals surface area contributed by atoms with Gasteiger partial charge in [0.15, 0.2) is 0 Å². The molecule has 0 aromatic carbocycles. The monoisotopic (exact) mass is 297 g/mol. The molecule has 0 aliphatic carbocycles. The first-order valence-corrected chi connectivity index (χ1v) is 7.80. The Labute approximate surface area is 137 Å². The molecule has 21 heavy (non-hydrogen) atoms. The molecule has 1 nitrogen and oxygen atoms in total. The Hall–Kier alpha value is -1.29. The van der Waals surface area contributed by atoms with Crippen molar-refractivity contribution in [2.24, 2.45) is 11.8 Å². The fraction of sp³-hybridized carbons (Fsp3) is 0.650. The van der Waals surface area contributed by atoms with Gasteiger partial charge in [-0.15, -0.1) is 18.9 Å². The molecule has 1 heteroatoms. The van der Waals surface area contributed by atoms with Crippen LogP contribution in [0.2, 0.25) is 0 Å². The van der Waals surface area contributed by atoms with Crippen molar-refractivity contribution in [3.05, 3.63) is 24.8 Å². The second kappa shape index (κ2) is 62.2. The molecule has 0 amide bonds. The van der Waals surface area contributed by atoms with Gasteiger partial charge in [-0.25, -0.2) is 0 Å². The molecule has 1 N–H and O–H groups in total. The summed E-state index contributed by atoms with van der Waals surface area (Å²) >= 11 is 0. The highest BCUT2D eigenvalue weighted by Crippen LogP contribution is 1.93. The summed E-state index contributed by atoms with van der Waals surface area (Å²) in [6, 6.07) is 0. The summed E-state index contributed by atoms with van der Waals surface area (Å²) in [5, 5.41) is 5.50. The number of rotatable bonds is 2. The van der Waals surface area contributed by atoms with Crippen molar-refractivity contribution in [1.29, 1.82) is 5.41 Å². The first kappa shape index (κ1) is 36.7. The second-order valence-corrected chi connectivity index (χ2v) is 4.51. The topological polar surface area (TPSA) is 23.9 Å². The second-order valence-electron chi connectivity index (χ2n) is 4.51. The fourth-order valence-electron chi connectivity index (χ4n) is 0.408. The van der Waals surface area contributed by atoms with Crippen molar-refractivity contribution in [2.75, 3.05) is 0 Å². The lowest BCUT2D eigenvalue weighted by molar-refractivity contribution is 0.737. The van der Waals surface area contributed by atoms with Crippen LogP contribution in [0.1, 0.15) is 75.7 Å². The van der Waals surface area contributed by atoms with Crippen LogP contribution in [0, 0.1) is 29.6 Å². The standard InChI is InChI=1S/C7H14.C4H10.C3H6.C3H4.C2H6.CH3N/c1-4-5-6-7(2)3;1-4(2)3;2*1-3-2;2*1-2/h5-7H,4H2,1-3H3;4H,1-3H3;3H,1H2,2H3;1H,2H3;1-2H3;2H,1H2. The maximum absolute atomic E-state index is 5.50. The Kier molecular flexibility index (Phi) is 109. The van der Waals surface area contributed by atoms with Crippen LogP contribution < -0.4 is 0 Å². The van der Waals surface area contributed by atoms with Crippen LogP contribution in [-0.4, -0.2) is 6.72 Å². The molecule has 0 atom stereocenters. The van der Waals surface area contributed by atoms with Crippen LogP contribution in [0.3, 0.4) is 0 Å². The van der Waals surface area contributed by atoms with Gasteiger partial charge in [-0.05, 0) is 38.8 Å². The van der Waals surface area contributed by atoms with Gasteiger partial charge in [0, 0.05) is 0 Å². The average Bonchev–Trinajstić information content (AvgIpc) is 2.42. The van der Waals surface area contributed by atoms with Gasteiger partial charge in [0.1, 0.15) is 0 Å². The number of nitrogens with one attached hydrogen (secondary N) is 1. The molecule has 0 unspecified atom stereocenters. The predicted octanol–water partition coefficient (Wildman–Crippen LogP) is 7.39. The maximum atomic E-state index is 5.50. The molecule has 0 aromatic rings. The number of hydrogen-bond acceptors (Lipinski definition) is 1. The lowest BCUT2D eigenvalue weighted by atomic mass is 10.2. The molecule has 0 saturated carbocycles. The van der Waals surface area contributed by atoms with Crippen LogP contribution in [0.15, 0.2) is 24.8 Å². The Morgan fingerprint density at radius 3 is 1.33 bits per heavy atom. The summed E-state index contributed by atoms with van der Waals surface area (Å²) in [6.45, 7) is 26.4. The van der Waals surface area contributed by atoms with Gasteiger partial charge < -0.3 is 5.41 Å². The largest absolute Gasteiger partial charge is 0.317 e. The van der Waals surface area contributed by atoms with Gasteiger partial charge >= 0.3 is 0 Å². The zero-order chi connectivity index (χ0) is 18.7. The van der Waals surface area contributed by atoms with E-state index >= 15 is 0 Å². The number of allylic oxidation sites excluding steroid dienone is 3. The normalized spacial score (nSPS) is 7.00. The van der Waals surface area contributed by atoms with E-state index in [0.29, 0.717) is 0 Å². The van der Waals surface area contributed by atoms with E-state index in [2.05, 4.69) is 79.3 Å². The quantitative estimate of drug-likeness (QED) is 0.312. The third kappa shape index (κ3) is 711. The summed E-state index contributed by atoms with van der Waals surface area (Å²) in [4.78, 5) is 0. The molecule has 128 valence electrons. The van der Waals surface area contributed by atoms with Gasteiger partial charge in [0.25, 0.3) is 0 Å². The highest BCUT2D eigenvalue weighted by atomic mass is 14.2. The molecule has 0 rings (SSSR count). The molecule has 0 aromatic heterocycles. The van der Waals surface area contributed by atoms with Crippen molar-refractivity contribution in [2.45, 2.75) is 75.7 Å². The minimum absolute atomic E-state index is 0.722. The van der Waals surface area contributed by atoms with E-state index in [1.54, 1.807) is 13.0 Å². The van der Waals surface area contributed by atoms with E-state index in [9.17, 15) is 0 Å². The van der Waals surface area contributed by atoms with Crippen LogP contribution in [0.4, 0.5) is 0 Å². The van der Waals surface area contributed by atoms with E-state index in [1.165, 1.54) is 0 Å². The zero-order valence-electron chi connectivity index (χ0n) is 16.6. The van der Waals surface area contributed by atoms with Gasteiger partial charge in [-0.2, -0.15) is 0 Å². The molecule has 0 saturated heterocycles. The summed E-state index contributed by atoms with van der Waals surface area (Å²) in [6.07, 6.45) is 11.9. The van der Waals surface area contributed by atoms with Gasteiger partial charge in [0.05, 0.1) is 0 Å². The van der Waals surface area contributed by atoms with Crippen LogP contribution in [0.25, 0.3) is 0 Å². The van der Waals surface area contributed by atoms with E-state index in [1.807, 2.05) is 20.8 Å². The van der Waals surface area contributed by atoms with Crippen molar-refractivity contribution < 1.29 is 0 Å². The lowest BCUT2D eigenvalue weighted by Gasteiger charge is -1.88. The maximum Gasteiger partial charge on any atom is -0.00297 e. The molecule has 0 bridgehead atoms. The van der Waals surface area contributed by atoms with Gasteiger partial charge in [-0.1, -0.05) is 73.6 Å². The van der Waals surface area contributed by atoms with E-state index in [0.717, 1.165) is 18.3 Å². The Morgan fingerprint density at radius 2 is 1.29 bits per heavy atom. The Bertz CT molecular complexity index is 180. The van der Waals surface area contributed by atoms with Gasteiger partial charge in [-0.3, -0.25) is 0 Å². The summed E-state index contributed by atoms with van der Waals surface area (Å²) in [7, 11) is 0. The Morgan fingerprint density at radius 1 is 1.10 bits per heavy atom. The lowest BCUT2D eigenvalue weighted by Crippen LogP contribution is -1.74. The molecule has 0 fully saturated rings. The SMILES string of the molecule is C#CC.C=CC.C=N.CC.CC(C)C.CCC=CC(C)C. The predicted molar refractivity (Wildman–Crippen MR) is 106 cm³/mol. The minimum atomic E-state index is 0.722. The van der Waals surface area contributed by atoms with Crippen molar-refractivity contribution in [3.63, 3.8) is 0 Å². The number of terminal acetylenes is 1. The highest BCUT2D eigenvalue weighted by molar-refractivity contribution is 5.15. The van der Waals surface area contributed by atoms with Gasteiger partial charge in [0.2, 0.25) is 0 Å². The van der Waals surface area contributed by atoms with Crippen LogP contribution in [-0.2, 0) is 0 Å². The fourth-order valence-corrected chi connectivity index (χ4v) is 0.408. The summed E-state index contributed by atoms with van der Waals surface area (Å²) < 4.78 is 0. The first-order chi connectivity index (χ1) is 9.83. The zero-order valence-corrected chi connectivity index (χ0v) is 16.6. The third-order valence-electron chi connectivity index (χ3n) is 0.757. The van der Waals surface area contributed by atoms with E-state index < -0.39 is 0 Å². The minimum Gasteiger partial charge on any atom is -0.317 e. The molecule has 0 heterocycles. The smallest absolute Gasteiger partial charge is 0.00297 e. The van der Waals surface area contributed by atoms with E-state index in [4.69, 9.17) is 5.41 Å². The van der Waals surface area contributed by atoms with Crippen molar-refractivity contribution in [3.8, 4) is 12.3 Å². The summed E-state index contributed by atoms with van der Waals surface area (Å²) in [5.41, 5.74) is 0. The van der Waals surface area contributed by atoms with Crippen molar-refractivity contribution in [1.82, 2.24) is 0 Å². The van der Waals surface area contributed by atoms with E-state index in [-0.39, 0.29) is 0 Å². The molecule has 0 radical (unpaired) electrons. The van der Waals surface area contributed by atoms with Crippen molar-refractivity contribution >= 4 is 6.72 Å².